The van der Waals surface area contributed by atoms with Gasteiger partial charge in [0.05, 0.1) is 55.8 Å². The van der Waals surface area contributed by atoms with Crippen molar-refractivity contribution in [3.63, 3.8) is 0 Å². The number of rotatable bonds is 13. The number of alkyl carbamates (subject to hydrolysis) is 1. The van der Waals surface area contributed by atoms with Crippen molar-refractivity contribution in [3.05, 3.63) is 102 Å². The normalized spacial score (nSPS) is 18.7. The lowest BCUT2D eigenvalue weighted by Gasteiger charge is -2.29. The molecule has 61 heavy (non-hydrogen) atoms. The molecular formula is C46H52N8O7. The second-order valence-corrected chi connectivity index (χ2v) is 15.9. The summed E-state index contributed by atoms with van der Waals surface area (Å²) in [6.07, 6.45) is 4.20. The number of hydrogen-bond acceptors (Lipinski definition) is 10. The molecule has 3 aromatic carbocycles. The summed E-state index contributed by atoms with van der Waals surface area (Å²) in [7, 11) is 2.66. The van der Waals surface area contributed by atoms with E-state index in [0.29, 0.717) is 31.1 Å². The Hall–Kier alpha value is -6.66. The fourth-order valence-electron chi connectivity index (χ4n) is 7.89. The predicted octanol–water partition coefficient (Wildman–Crippen LogP) is 6.75. The standard InChI is InChI=1S/C46H52N8O7/c1-28(2)40(48-27-60-59-6)44(55)53-22-10-13-38(53)42-47-25-37(51-42)32-19-16-30(17-20-32)14-15-31-18-21-35-36(23-31)50-43(49-35)39-24-34(61-33-11-8-7-9-12-33)26-54(39)45(56)41(29(3)4)52-46(57)58-5/h7-9,11-12,16-21,23,25,27-29,34,38-41H,10,13,22,24,26H2,1-6H3,(H,47,51)(H,49,50)(H,52,57)/t34-,38-,39-,40-,41-/m0/s1. The maximum Gasteiger partial charge on any atom is 0.407 e. The van der Waals surface area contributed by atoms with E-state index in [0.717, 1.165) is 52.1 Å². The Morgan fingerprint density at radius 2 is 1.64 bits per heavy atom. The third kappa shape index (κ3) is 9.87. The quantitative estimate of drug-likeness (QED) is 0.0381. The monoisotopic (exact) mass is 828 g/mol. The summed E-state index contributed by atoms with van der Waals surface area (Å²) in [6, 6.07) is 21.2. The van der Waals surface area contributed by atoms with Crippen molar-refractivity contribution in [1.82, 2.24) is 35.1 Å². The molecule has 2 aromatic heterocycles. The maximum atomic E-state index is 14.1. The molecule has 15 heteroatoms. The summed E-state index contributed by atoms with van der Waals surface area (Å²) in [6.45, 7) is 8.63. The van der Waals surface area contributed by atoms with E-state index in [-0.39, 0.29) is 35.8 Å². The number of aromatic nitrogens is 4. The molecule has 2 saturated heterocycles. The molecule has 0 bridgehead atoms. The van der Waals surface area contributed by atoms with Gasteiger partial charge in [0.1, 0.15) is 35.6 Å². The first kappa shape index (κ1) is 42.5. The van der Waals surface area contributed by atoms with E-state index >= 15 is 0 Å². The summed E-state index contributed by atoms with van der Waals surface area (Å²) >= 11 is 0. The molecule has 15 nitrogen and oxygen atoms in total. The third-order valence-corrected chi connectivity index (χ3v) is 11.0. The Kier molecular flexibility index (Phi) is 13.3. The first-order valence-electron chi connectivity index (χ1n) is 20.6. The second-order valence-electron chi connectivity index (χ2n) is 15.9. The molecule has 5 aromatic rings. The average molecular weight is 829 g/mol. The highest BCUT2D eigenvalue weighted by molar-refractivity contribution is 5.87. The van der Waals surface area contributed by atoms with Crippen LogP contribution >= 0.6 is 0 Å². The van der Waals surface area contributed by atoms with Gasteiger partial charge < -0.3 is 39.4 Å². The molecule has 5 atom stereocenters. The van der Waals surface area contributed by atoms with Crippen LogP contribution in [0.5, 0.6) is 5.75 Å². The van der Waals surface area contributed by atoms with Crippen LogP contribution in [-0.4, -0.2) is 99.5 Å². The number of ether oxygens (including phenoxy) is 2. The van der Waals surface area contributed by atoms with Gasteiger partial charge in [0.15, 0.2) is 0 Å². The highest BCUT2D eigenvalue weighted by atomic mass is 17.2. The molecule has 0 aliphatic carbocycles. The summed E-state index contributed by atoms with van der Waals surface area (Å²) in [4.78, 5) is 73.7. The molecule has 2 aliphatic rings. The summed E-state index contributed by atoms with van der Waals surface area (Å²) < 4.78 is 11.1. The molecule has 0 radical (unpaired) electrons. The lowest BCUT2D eigenvalue weighted by Crippen LogP contribution is -2.51. The molecule has 7 rings (SSSR count). The van der Waals surface area contributed by atoms with Crippen LogP contribution in [0.3, 0.4) is 0 Å². The molecule has 3 amide bonds. The molecule has 2 fully saturated rings. The number of hydrogen-bond donors (Lipinski definition) is 3. The Bertz CT molecular complexity index is 2400. The molecule has 2 aliphatic heterocycles. The van der Waals surface area contributed by atoms with E-state index in [1.165, 1.54) is 20.6 Å². The maximum absolute atomic E-state index is 14.1. The largest absolute Gasteiger partial charge is 0.488 e. The zero-order valence-corrected chi connectivity index (χ0v) is 35.3. The van der Waals surface area contributed by atoms with E-state index in [1.807, 2.05) is 105 Å². The van der Waals surface area contributed by atoms with Gasteiger partial charge in [-0.3, -0.25) is 9.59 Å². The van der Waals surface area contributed by atoms with Crippen LogP contribution in [0.25, 0.3) is 22.3 Å². The SMILES string of the molecule is COOC=N[C@H](C(=O)N1CCC[C@H]1c1ncc(-c2ccc(C#Cc3ccc4nc([C@@H]5C[C@H](Oc6ccccc6)CN5C(=O)[C@@H](NC(=O)OC)C(C)C)[nH]c4c3)cc2)[nH]1)C(C)C. The zero-order valence-electron chi connectivity index (χ0n) is 35.3. The zero-order chi connectivity index (χ0) is 43.0. The highest BCUT2D eigenvalue weighted by Gasteiger charge is 2.43. The molecule has 318 valence electrons. The van der Waals surface area contributed by atoms with Gasteiger partial charge in [0.2, 0.25) is 18.2 Å². The topological polar surface area (TPSA) is 176 Å². The van der Waals surface area contributed by atoms with Crippen molar-refractivity contribution in [1.29, 1.82) is 0 Å². The number of benzene rings is 3. The molecular weight excluding hydrogens is 777 g/mol. The van der Waals surface area contributed by atoms with Crippen molar-refractivity contribution in [2.45, 2.75) is 77.2 Å². The van der Waals surface area contributed by atoms with Gasteiger partial charge in [-0.2, -0.15) is 4.89 Å². The van der Waals surface area contributed by atoms with E-state index in [1.54, 1.807) is 11.1 Å². The molecule has 4 heterocycles. The van der Waals surface area contributed by atoms with Crippen molar-refractivity contribution in [3.8, 4) is 28.8 Å². The van der Waals surface area contributed by atoms with Crippen LogP contribution in [0.1, 0.15) is 81.8 Å². The first-order valence-corrected chi connectivity index (χ1v) is 20.6. The summed E-state index contributed by atoms with van der Waals surface area (Å²) in [5, 5.41) is 2.72. The smallest absolute Gasteiger partial charge is 0.407 e. The lowest BCUT2D eigenvalue weighted by molar-refractivity contribution is -0.188. The van der Waals surface area contributed by atoms with Crippen LogP contribution in [0.15, 0.2) is 84.0 Å². The van der Waals surface area contributed by atoms with Crippen LogP contribution in [0, 0.1) is 23.7 Å². The number of nitrogens with zero attached hydrogens (tertiary/aromatic N) is 5. The molecule has 3 N–H and O–H groups in total. The van der Waals surface area contributed by atoms with Crippen LogP contribution in [0.4, 0.5) is 4.79 Å². The average Bonchev–Trinajstić information content (AvgIpc) is 4.10. The van der Waals surface area contributed by atoms with Gasteiger partial charge in [0.25, 0.3) is 0 Å². The number of aliphatic imine (C=N–C) groups is 1. The number of aromatic amines is 2. The Balaban J connectivity index is 1.05. The van der Waals surface area contributed by atoms with Gasteiger partial charge >= 0.3 is 6.09 Å². The molecule has 0 saturated carbocycles. The minimum atomic E-state index is -0.797. The van der Waals surface area contributed by atoms with Crippen molar-refractivity contribution < 1.29 is 33.6 Å². The Labute approximate surface area is 355 Å². The Morgan fingerprint density at radius 3 is 2.36 bits per heavy atom. The van der Waals surface area contributed by atoms with Crippen molar-refractivity contribution in [2.24, 2.45) is 16.8 Å². The van der Waals surface area contributed by atoms with Crippen LogP contribution in [-0.2, 0) is 24.1 Å². The fourth-order valence-corrected chi connectivity index (χ4v) is 7.89. The van der Waals surface area contributed by atoms with Gasteiger partial charge in [-0.1, -0.05) is 69.9 Å². The van der Waals surface area contributed by atoms with E-state index in [9.17, 15) is 14.4 Å². The third-order valence-electron chi connectivity index (χ3n) is 11.0. The first-order chi connectivity index (χ1) is 29.5. The van der Waals surface area contributed by atoms with Gasteiger partial charge in [-0.15, -0.1) is 0 Å². The number of fused-ring (bicyclic) bond motifs is 1. The second kappa shape index (κ2) is 19.2. The fraction of sp³-hybridized carbons (Fsp3) is 0.391. The van der Waals surface area contributed by atoms with Gasteiger partial charge in [-0.25, -0.2) is 19.8 Å². The number of para-hydroxylation sites is 1. The minimum absolute atomic E-state index is 0.0233. The van der Waals surface area contributed by atoms with E-state index < -0.39 is 24.2 Å². The number of carbonyl (C=O) groups is 3. The number of nitrogens with one attached hydrogen (secondary N) is 3. The summed E-state index contributed by atoms with van der Waals surface area (Å²) in [5.41, 5.74) is 4.96. The Morgan fingerprint density at radius 1 is 0.885 bits per heavy atom. The number of amides is 3. The lowest BCUT2D eigenvalue weighted by atomic mass is 10.0. The number of likely N-dealkylation sites (tertiary alicyclic amines) is 2. The van der Waals surface area contributed by atoms with Gasteiger partial charge in [0, 0.05) is 24.1 Å². The molecule has 0 spiro atoms. The van der Waals surface area contributed by atoms with E-state index in [2.05, 4.69) is 42.0 Å². The number of H-pyrrole nitrogens is 2. The highest BCUT2D eigenvalue weighted by Crippen LogP contribution is 2.36. The van der Waals surface area contributed by atoms with Crippen LogP contribution in [0.2, 0.25) is 0 Å². The summed E-state index contributed by atoms with van der Waals surface area (Å²) in [5.74, 6) is 8.11. The number of methoxy groups -OCH3 is 1. The van der Waals surface area contributed by atoms with Crippen molar-refractivity contribution in [2.75, 3.05) is 27.3 Å². The van der Waals surface area contributed by atoms with Crippen LogP contribution < -0.4 is 10.1 Å². The minimum Gasteiger partial charge on any atom is -0.488 e. The van der Waals surface area contributed by atoms with E-state index in [4.69, 9.17) is 19.3 Å². The number of imidazole rings is 2. The van der Waals surface area contributed by atoms with Crippen molar-refractivity contribution >= 4 is 35.3 Å². The predicted molar refractivity (Wildman–Crippen MR) is 229 cm³/mol. The molecule has 0 unspecified atom stereocenters. The number of carbonyl (C=O) groups excluding carboxylic acids is 3. The van der Waals surface area contributed by atoms with Gasteiger partial charge in [-0.05, 0) is 72.7 Å².